The van der Waals surface area contributed by atoms with Crippen LogP contribution in [0.5, 0.6) is 5.88 Å². The highest BCUT2D eigenvalue weighted by molar-refractivity contribution is 8.13. The van der Waals surface area contributed by atoms with Crippen molar-refractivity contribution < 1.29 is 26.3 Å². The minimum atomic E-state index is -4.93. The molecule has 0 atom stereocenters. The van der Waals surface area contributed by atoms with Crippen molar-refractivity contribution in [3.8, 4) is 5.88 Å². The number of hydrogen-bond acceptors (Lipinski definition) is 4. The lowest BCUT2D eigenvalue weighted by molar-refractivity contribution is -0.276. The van der Waals surface area contributed by atoms with Crippen molar-refractivity contribution in [2.75, 3.05) is 0 Å². The molecule has 1 aromatic rings. The lowest BCUT2D eigenvalue weighted by Gasteiger charge is -2.09. The van der Waals surface area contributed by atoms with Gasteiger partial charge in [0.15, 0.2) is 5.03 Å². The molecule has 0 aromatic carbocycles. The minimum absolute atomic E-state index is 0.129. The summed E-state index contributed by atoms with van der Waals surface area (Å²) in [4.78, 5) is 3.17. The van der Waals surface area contributed by atoms with Crippen molar-refractivity contribution in [3.63, 3.8) is 0 Å². The molecule has 1 heterocycles. The Morgan fingerprint density at radius 1 is 1.38 bits per heavy atom. The van der Waals surface area contributed by atoms with Crippen LogP contribution in [0.3, 0.4) is 0 Å². The first-order valence-corrected chi connectivity index (χ1v) is 6.08. The van der Waals surface area contributed by atoms with E-state index in [-0.39, 0.29) is 5.56 Å². The number of alkyl halides is 3. The molecule has 0 saturated heterocycles. The smallest absolute Gasteiger partial charge is 0.388 e. The van der Waals surface area contributed by atoms with Crippen LogP contribution in [0.25, 0.3) is 0 Å². The van der Waals surface area contributed by atoms with Crippen LogP contribution in [0.15, 0.2) is 17.2 Å². The Labute approximate surface area is 93.4 Å². The molecule has 0 aliphatic carbocycles. The number of pyridine rings is 1. The summed E-state index contributed by atoms with van der Waals surface area (Å²) in [6.45, 7) is 1.35. The molecule has 0 radical (unpaired) electrons. The first kappa shape index (κ1) is 13.0. The van der Waals surface area contributed by atoms with Gasteiger partial charge in [-0.3, -0.25) is 0 Å². The zero-order valence-corrected chi connectivity index (χ0v) is 9.32. The van der Waals surface area contributed by atoms with E-state index in [4.69, 9.17) is 10.7 Å². The molecule has 0 aliphatic heterocycles. The van der Waals surface area contributed by atoms with Crippen molar-refractivity contribution in [1.82, 2.24) is 4.98 Å². The van der Waals surface area contributed by atoms with Gasteiger partial charge in [-0.1, -0.05) is 6.07 Å². The maximum Gasteiger partial charge on any atom is 0.574 e. The van der Waals surface area contributed by atoms with Gasteiger partial charge >= 0.3 is 6.36 Å². The maximum atomic E-state index is 11.8. The summed E-state index contributed by atoms with van der Waals surface area (Å²) >= 11 is 0. The standard InChI is InChI=1S/C7H5ClF3NO3S/c1-4-2-3-5(15-7(9,10)11)12-6(4)16(8,13)14/h2-3H,1H3. The Morgan fingerprint density at radius 2 is 1.94 bits per heavy atom. The van der Waals surface area contributed by atoms with E-state index in [2.05, 4.69) is 9.72 Å². The average molecular weight is 276 g/mol. The summed E-state index contributed by atoms with van der Waals surface area (Å²) in [6.07, 6.45) is -4.93. The van der Waals surface area contributed by atoms with Gasteiger partial charge in [0.25, 0.3) is 9.05 Å². The Bertz CT molecular complexity index is 500. The molecule has 90 valence electrons. The van der Waals surface area contributed by atoms with Crippen LogP contribution in [-0.4, -0.2) is 19.8 Å². The summed E-state index contributed by atoms with van der Waals surface area (Å²) in [5.74, 6) is -0.877. The van der Waals surface area contributed by atoms with Gasteiger partial charge in [-0.15, -0.1) is 13.2 Å². The lowest BCUT2D eigenvalue weighted by Crippen LogP contribution is -2.18. The highest BCUT2D eigenvalue weighted by Gasteiger charge is 2.32. The Balaban J connectivity index is 3.19. The number of aryl methyl sites for hydroxylation is 1. The average Bonchev–Trinajstić information content (AvgIpc) is 2.04. The third-order valence-electron chi connectivity index (χ3n) is 1.48. The van der Waals surface area contributed by atoms with Crippen LogP contribution >= 0.6 is 10.7 Å². The highest BCUT2D eigenvalue weighted by Crippen LogP contribution is 2.24. The van der Waals surface area contributed by atoms with Crippen LogP contribution in [0.1, 0.15) is 5.56 Å². The molecule has 1 aromatic heterocycles. The molecule has 0 fully saturated rings. The molecule has 0 bridgehead atoms. The largest absolute Gasteiger partial charge is 0.574 e. The van der Waals surface area contributed by atoms with Crippen LogP contribution in [-0.2, 0) is 9.05 Å². The first-order chi connectivity index (χ1) is 7.09. The second-order valence-electron chi connectivity index (χ2n) is 2.76. The van der Waals surface area contributed by atoms with Crippen molar-refractivity contribution in [2.24, 2.45) is 0 Å². The van der Waals surface area contributed by atoms with Crippen LogP contribution in [0, 0.1) is 6.92 Å². The molecule has 0 saturated carbocycles. The number of nitrogens with zero attached hydrogens (tertiary/aromatic N) is 1. The zero-order valence-electron chi connectivity index (χ0n) is 7.75. The monoisotopic (exact) mass is 275 g/mol. The van der Waals surface area contributed by atoms with Gasteiger partial charge in [0.05, 0.1) is 0 Å². The lowest BCUT2D eigenvalue weighted by atomic mass is 10.3. The van der Waals surface area contributed by atoms with Gasteiger partial charge in [0.1, 0.15) is 0 Å². The number of hydrogen-bond donors (Lipinski definition) is 0. The van der Waals surface area contributed by atoms with Gasteiger partial charge in [-0.2, -0.15) is 4.98 Å². The fourth-order valence-corrected chi connectivity index (χ4v) is 2.04. The molecule has 0 amide bonds. The summed E-state index contributed by atoms with van der Waals surface area (Å²) in [5.41, 5.74) is 0.129. The summed E-state index contributed by atoms with van der Waals surface area (Å²) in [5, 5.41) is -0.657. The number of rotatable bonds is 2. The number of halogens is 4. The van der Waals surface area contributed by atoms with E-state index in [1.165, 1.54) is 6.92 Å². The third-order valence-corrected chi connectivity index (χ3v) is 2.79. The zero-order chi connectivity index (χ0) is 12.6. The molecular formula is C7H5ClF3NO3S. The van der Waals surface area contributed by atoms with Gasteiger partial charge in [-0.05, 0) is 12.5 Å². The topological polar surface area (TPSA) is 56.3 Å². The van der Waals surface area contributed by atoms with E-state index in [9.17, 15) is 21.6 Å². The van der Waals surface area contributed by atoms with E-state index >= 15 is 0 Å². The van der Waals surface area contributed by atoms with Crippen molar-refractivity contribution in [3.05, 3.63) is 17.7 Å². The van der Waals surface area contributed by atoms with E-state index < -0.39 is 26.3 Å². The maximum absolute atomic E-state index is 11.8. The van der Waals surface area contributed by atoms with Gasteiger partial charge in [-0.25, -0.2) is 8.42 Å². The minimum Gasteiger partial charge on any atom is -0.388 e. The third kappa shape index (κ3) is 3.53. The van der Waals surface area contributed by atoms with E-state index in [1.807, 2.05) is 0 Å². The molecule has 0 N–H and O–H groups in total. The molecule has 9 heteroatoms. The number of aromatic nitrogens is 1. The Kier molecular flexibility index (Phi) is 3.34. The summed E-state index contributed by atoms with van der Waals surface area (Å²) < 4.78 is 60.8. The summed E-state index contributed by atoms with van der Waals surface area (Å²) in [7, 11) is 0.782. The molecule has 16 heavy (non-hydrogen) atoms. The van der Waals surface area contributed by atoms with E-state index in [0.717, 1.165) is 12.1 Å². The molecular weight excluding hydrogens is 271 g/mol. The van der Waals surface area contributed by atoms with E-state index in [0.29, 0.717) is 0 Å². The second-order valence-corrected chi connectivity index (χ2v) is 5.24. The van der Waals surface area contributed by atoms with Crippen molar-refractivity contribution in [2.45, 2.75) is 18.3 Å². The Hall–Kier alpha value is -1.02. The van der Waals surface area contributed by atoms with Crippen LogP contribution in [0.2, 0.25) is 0 Å². The molecule has 1 rings (SSSR count). The van der Waals surface area contributed by atoms with Crippen LogP contribution < -0.4 is 4.74 Å². The normalized spacial score (nSPS) is 12.6. The number of ether oxygens (including phenoxy) is 1. The molecule has 4 nitrogen and oxygen atoms in total. The SMILES string of the molecule is Cc1ccc(OC(F)(F)F)nc1S(=O)(=O)Cl. The summed E-state index contributed by atoms with van der Waals surface area (Å²) in [6, 6.07) is 2.01. The fourth-order valence-electron chi connectivity index (χ4n) is 0.915. The fraction of sp³-hybridized carbons (Fsp3) is 0.286. The second kappa shape index (κ2) is 4.10. The molecule has 0 aliphatic rings. The van der Waals surface area contributed by atoms with E-state index in [1.54, 1.807) is 0 Å². The predicted octanol–water partition coefficient (Wildman–Crippen LogP) is 2.22. The molecule has 0 spiro atoms. The predicted molar refractivity (Wildman–Crippen MR) is 48.7 cm³/mol. The quantitative estimate of drug-likeness (QED) is 0.777. The first-order valence-electron chi connectivity index (χ1n) is 3.77. The van der Waals surface area contributed by atoms with Crippen molar-refractivity contribution in [1.29, 1.82) is 0 Å². The van der Waals surface area contributed by atoms with Crippen LogP contribution in [0.4, 0.5) is 13.2 Å². The van der Waals surface area contributed by atoms with Gasteiger partial charge < -0.3 is 4.74 Å². The van der Waals surface area contributed by atoms with Gasteiger partial charge in [0.2, 0.25) is 5.88 Å². The van der Waals surface area contributed by atoms with Crippen molar-refractivity contribution >= 4 is 19.7 Å². The van der Waals surface area contributed by atoms with Gasteiger partial charge in [0, 0.05) is 16.7 Å². The Morgan fingerprint density at radius 3 is 2.38 bits per heavy atom. The molecule has 0 unspecified atom stereocenters. The highest BCUT2D eigenvalue weighted by atomic mass is 35.7.